The molecule has 1 aromatic carbocycles. The van der Waals surface area contributed by atoms with E-state index in [4.69, 9.17) is 5.73 Å². The molecule has 0 fully saturated rings. The molecule has 0 saturated heterocycles. The van der Waals surface area contributed by atoms with Gasteiger partial charge in [-0.15, -0.1) is 10.2 Å². The number of pyridine rings is 1. The van der Waals surface area contributed by atoms with Crippen LogP contribution in [0.25, 0.3) is 22.1 Å². The van der Waals surface area contributed by atoms with E-state index in [1.165, 1.54) is 11.6 Å². The number of carbonyl (C=O) groups is 1. The van der Waals surface area contributed by atoms with Crippen LogP contribution in [-0.4, -0.2) is 35.7 Å². The summed E-state index contributed by atoms with van der Waals surface area (Å²) < 4.78 is 42.1. The molecule has 0 atom stereocenters. The first-order valence-electron chi connectivity index (χ1n) is 7.80. The number of nitrogens with two attached hydrogens (primary N) is 1. The molecule has 0 aliphatic carbocycles. The molecule has 3 aromatic heterocycles. The van der Waals surface area contributed by atoms with Crippen LogP contribution in [0.15, 0.2) is 30.3 Å². The van der Waals surface area contributed by atoms with E-state index in [2.05, 4.69) is 20.4 Å². The predicted molar refractivity (Wildman–Crippen MR) is 89.8 cm³/mol. The lowest BCUT2D eigenvalue weighted by Crippen LogP contribution is -2.20. The summed E-state index contributed by atoms with van der Waals surface area (Å²) in [6.45, 7) is 1.12. The summed E-state index contributed by atoms with van der Waals surface area (Å²) in [7, 11) is 0. The van der Waals surface area contributed by atoms with Gasteiger partial charge in [0.25, 0.3) is 5.91 Å². The van der Waals surface area contributed by atoms with Crippen molar-refractivity contribution in [2.45, 2.75) is 19.6 Å². The lowest BCUT2D eigenvalue weighted by atomic mass is 10.1. The molecule has 11 heteroatoms. The highest BCUT2D eigenvalue weighted by atomic mass is 19.4. The number of rotatable bonds is 2. The Morgan fingerprint density at radius 3 is 2.74 bits per heavy atom. The first kappa shape index (κ1) is 16.9. The summed E-state index contributed by atoms with van der Waals surface area (Å²) in [5.74, 6) is -1.06. The summed E-state index contributed by atoms with van der Waals surface area (Å²) in [5, 5.41) is 11.2. The number of aryl methyl sites for hydroxylation is 1. The molecule has 0 bridgehead atoms. The highest BCUT2D eigenvalue weighted by Crippen LogP contribution is 2.37. The van der Waals surface area contributed by atoms with Crippen molar-refractivity contribution in [2.24, 2.45) is 0 Å². The third-order valence-electron chi connectivity index (χ3n) is 4.04. The van der Waals surface area contributed by atoms with Crippen molar-refractivity contribution >= 4 is 33.8 Å². The van der Waals surface area contributed by atoms with E-state index in [9.17, 15) is 18.0 Å². The molecule has 3 heterocycles. The van der Waals surface area contributed by atoms with Gasteiger partial charge in [-0.1, -0.05) is 17.3 Å². The molecule has 0 unspecified atom stereocenters. The molecule has 4 rings (SSSR count). The largest absolute Gasteiger partial charge is 0.417 e. The number of fused-ring (bicyclic) bond motifs is 2. The van der Waals surface area contributed by atoms with E-state index in [0.717, 1.165) is 10.7 Å². The Kier molecular flexibility index (Phi) is 3.61. The van der Waals surface area contributed by atoms with Gasteiger partial charge < -0.3 is 5.73 Å². The molecular formula is C16H12F3N7O. The summed E-state index contributed by atoms with van der Waals surface area (Å²) >= 11 is 0. The monoisotopic (exact) mass is 375 g/mol. The highest BCUT2D eigenvalue weighted by molar-refractivity contribution is 5.97. The summed E-state index contributed by atoms with van der Waals surface area (Å²) in [5.41, 5.74) is 5.73. The molecule has 0 radical (unpaired) electrons. The predicted octanol–water partition coefficient (Wildman–Crippen LogP) is 2.43. The minimum atomic E-state index is -4.65. The Morgan fingerprint density at radius 2 is 2.00 bits per heavy atom. The zero-order valence-electron chi connectivity index (χ0n) is 13.9. The topological polar surface area (TPSA) is 105 Å². The third-order valence-corrected chi connectivity index (χ3v) is 4.04. The number of halogens is 3. The summed E-state index contributed by atoms with van der Waals surface area (Å²) in [6, 6.07) is 7.86. The Labute approximate surface area is 149 Å². The van der Waals surface area contributed by atoms with Gasteiger partial charge in [-0.25, -0.2) is 9.67 Å². The maximum absolute atomic E-state index is 13.3. The number of alkyl halides is 3. The zero-order chi connectivity index (χ0) is 19.3. The Balaban J connectivity index is 1.82. The number of aromatic nitrogens is 6. The molecule has 8 nitrogen and oxygen atoms in total. The second kappa shape index (κ2) is 5.76. The number of hydrogen-bond acceptors (Lipinski definition) is 6. The standard InChI is InChI=1S/C16H12F3N7O/c1-8-6-9(16(17,18)19)13-14(20)23-26(15(13)21-8)12(27)7-25-11-5-3-2-4-10(11)22-24-25/h2-6H,7H2,1H3,(H2,20,23). The van der Waals surface area contributed by atoms with Gasteiger partial charge in [0.15, 0.2) is 11.5 Å². The minimum absolute atomic E-state index is 0.0926. The molecule has 4 aromatic rings. The second-order valence-electron chi connectivity index (χ2n) is 5.93. The SMILES string of the molecule is Cc1cc(C(F)(F)F)c2c(N)nn(C(=O)Cn3nnc4ccccc43)c2n1. The number of para-hydroxylation sites is 1. The van der Waals surface area contributed by atoms with Gasteiger partial charge in [-0.2, -0.15) is 17.9 Å². The minimum Gasteiger partial charge on any atom is -0.382 e. The molecule has 0 saturated carbocycles. The average Bonchev–Trinajstić information content (AvgIpc) is 3.15. The molecule has 0 amide bonds. The van der Waals surface area contributed by atoms with Gasteiger partial charge in [-0.3, -0.25) is 4.79 Å². The Morgan fingerprint density at radius 1 is 1.26 bits per heavy atom. The number of anilines is 1. The van der Waals surface area contributed by atoms with E-state index in [0.29, 0.717) is 11.0 Å². The first-order chi connectivity index (χ1) is 12.8. The lowest BCUT2D eigenvalue weighted by molar-refractivity contribution is -0.136. The van der Waals surface area contributed by atoms with Gasteiger partial charge in [0.2, 0.25) is 0 Å². The van der Waals surface area contributed by atoms with Crippen LogP contribution in [0.2, 0.25) is 0 Å². The maximum Gasteiger partial charge on any atom is 0.417 e. The van der Waals surface area contributed by atoms with E-state index < -0.39 is 28.9 Å². The Bertz CT molecular complexity index is 1190. The van der Waals surface area contributed by atoms with Gasteiger partial charge in [-0.05, 0) is 25.1 Å². The molecule has 27 heavy (non-hydrogen) atoms. The van der Waals surface area contributed by atoms with Crippen molar-refractivity contribution in [3.63, 3.8) is 0 Å². The number of nitrogen functional groups attached to an aromatic ring is 1. The van der Waals surface area contributed by atoms with Crippen molar-refractivity contribution in [3.05, 3.63) is 41.6 Å². The van der Waals surface area contributed by atoms with Crippen molar-refractivity contribution in [1.29, 1.82) is 0 Å². The fourth-order valence-corrected chi connectivity index (χ4v) is 2.89. The van der Waals surface area contributed by atoms with E-state index in [-0.39, 0.29) is 17.9 Å². The smallest absolute Gasteiger partial charge is 0.382 e. The van der Waals surface area contributed by atoms with Crippen molar-refractivity contribution < 1.29 is 18.0 Å². The lowest BCUT2D eigenvalue weighted by Gasteiger charge is -2.09. The first-order valence-corrected chi connectivity index (χ1v) is 7.80. The van der Waals surface area contributed by atoms with Gasteiger partial charge in [0, 0.05) is 5.69 Å². The maximum atomic E-state index is 13.3. The van der Waals surface area contributed by atoms with Crippen molar-refractivity contribution in [3.8, 4) is 0 Å². The quantitative estimate of drug-likeness (QED) is 0.577. The number of benzene rings is 1. The molecule has 0 aliphatic rings. The van der Waals surface area contributed by atoms with Gasteiger partial charge in [0.05, 0.1) is 16.5 Å². The zero-order valence-corrected chi connectivity index (χ0v) is 13.9. The van der Waals surface area contributed by atoms with Crippen LogP contribution in [0, 0.1) is 6.92 Å². The van der Waals surface area contributed by atoms with Crippen LogP contribution in [0.5, 0.6) is 0 Å². The highest BCUT2D eigenvalue weighted by Gasteiger charge is 2.36. The molecular weight excluding hydrogens is 363 g/mol. The fraction of sp³-hybridized carbons (Fsp3) is 0.188. The van der Waals surface area contributed by atoms with Crippen LogP contribution >= 0.6 is 0 Å². The normalized spacial score (nSPS) is 12.1. The van der Waals surface area contributed by atoms with Gasteiger partial charge >= 0.3 is 6.18 Å². The molecule has 0 aliphatic heterocycles. The van der Waals surface area contributed by atoms with E-state index in [1.807, 2.05) is 0 Å². The van der Waals surface area contributed by atoms with E-state index in [1.54, 1.807) is 24.3 Å². The number of nitrogens with zero attached hydrogens (tertiary/aromatic N) is 6. The molecule has 0 spiro atoms. The second-order valence-corrected chi connectivity index (χ2v) is 5.93. The number of carbonyl (C=O) groups excluding carboxylic acids is 1. The van der Waals surface area contributed by atoms with Gasteiger partial charge in [0.1, 0.15) is 12.1 Å². The van der Waals surface area contributed by atoms with Crippen LogP contribution in [0.3, 0.4) is 0 Å². The van der Waals surface area contributed by atoms with E-state index >= 15 is 0 Å². The molecule has 138 valence electrons. The molecule has 2 N–H and O–H groups in total. The van der Waals surface area contributed by atoms with Crippen molar-refractivity contribution in [1.82, 2.24) is 29.8 Å². The average molecular weight is 375 g/mol. The third kappa shape index (κ3) is 2.76. The fourth-order valence-electron chi connectivity index (χ4n) is 2.89. The number of hydrogen-bond donors (Lipinski definition) is 1. The Hall–Kier alpha value is -3.50. The van der Waals surface area contributed by atoms with Crippen LogP contribution < -0.4 is 5.73 Å². The van der Waals surface area contributed by atoms with Crippen LogP contribution in [-0.2, 0) is 12.7 Å². The summed E-state index contributed by atoms with van der Waals surface area (Å²) in [4.78, 5) is 16.7. The van der Waals surface area contributed by atoms with Crippen LogP contribution in [0.4, 0.5) is 19.0 Å². The van der Waals surface area contributed by atoms with Crippen molar-refractivity contribution in [2.75, 3.05) is 5.73 Å². The van der Waals surface area contributed by atoms with Crippen LogP contribution in [0.1, 0.15) is 16.1 Å². The summed E-state index contributed by atoms with van der Waals surface area (Å²) in [6.07, 6.45) is -4.65.